The third-order valence-electron chi connectivity index (χ3n) is 6.09. The Kier molecular flexibility index (Phi) is 9.75. The average Bonchev–Trinajstić information content (AvgIpc) is 2.77. The molecule has 1 aliphatic rings. The van der Waals surface area contributed by atoms with Gasteiger partial charge in [0, 0.05) is 38.6 Å². The van der Waals surface area contributed by atoms with Crippen molar-refractivity contribution in [2.75, 3.05) is 45.8 Å². The Bertz CT molecular complexity index is 878. The van der Waals surface area contributed by atoms with Crippen molar-refractivity contribution >= 4 is 15.9 Å². The molecular formula is C23H36F3N3O3S. The molecule has 1 heterocycles. The van der Waals surface area contributed by atoms with E-state index in [9.17, 15) is 26.4 Å². The second-order valence-electron chi connectivity index (χ2n) is 8.88. The number of rotatable bonds is 10. The van der Waals surface area contributed by atoms with Gasteiger partial charge in [-0.1, -0.05) is 39.8 Å². The van der Waals surface area contributed by atoms with Crippen molar-refractivity contribution in [2.24, 2.45) is 11.8 Å². The normalized spacial score (nSPS) is 16.5. The number of carbonyl (C=O) groups is 1. The fourth-order valence-corrected chi connectivity index (χ4v) is 5.88. The van der Waals surface area contributed by atoms with Crippen LogP contribution in [0.15, 0.2) is 29.2 Å². The van der Waals surface area contributed by atoms with Crippen molar-refractivity contribution in [1.29, 1.82) is 0 Å². The van der Waals surface area contributed by atoms with Gasteiger partial charge in [0.05, 0.1) is 10.5 Å². The summed E-state index contributed by atoms with van der Waals surface area (Å²) in [7, 11) is -4.31. The van der Waals surface area contributed by atoms with Gasteiger partial charge in [0.2, 0.25) is 15.9 Å². The lowest BCUT2D eigenvalue weighted by molar-refractivity contribution is -0.140. The first-order valence-corrected chi connectivity index (χ1v) is 13.0. The van der Waals surface area contributed by atoms with E-state index in [1.807, 2.05) is 18.7 Å². The van der Waals surface area contributed by atoms with Gasteiger partial charge in [-0.25, -0.2) is 8.42 Å². The SMILES string of the molecule is CCN(CC)CCN(CC(C)C)C(=O)C1CCN(S(=O)(=O)c2ccccc2C(F)(F)F)CC1. The van der Waals surface area contributed by atoms with E-state index in [4.69, 9.17) is 0 Å². The molecule has 1 aromatic rings. The molecule has 188 valence electrons. The van der Waals surface area contributed by atoms with E-state index < -0.39 is 26.7 Å². The van der Waals surface area contributed by atoms with E-state index in [-0.39, 0.29) is 24.9 Å². The fourth-order valence-electron chi connectivity index (χ4n) is 4.20. The van der Waals surface area contributed by atoms with Crippen LogP contribution in [0.25, 0.3) is 0 Å². The molecule has 1 amide bonds. The molecule has 0 N–H and O–H groups in total. The minimum absolute atomic E-state index is 0.00333. The summed E-state index contributed by atoms with van der Waals surface area (Å²) < 4.78 is 67.1. The largest absolute Gasteiger partial charge is 0.417 e. The maximum absolute atomic E-state index is 13.4. The summed E-state index contributed by atoms with van der Waals surface area (Å²) in [5.74, 6) is -0.0293. The topological polar surface area (TPSA) is 60.9 Å². The minimum Gasteiger partial charge on any atom is -0.341 e. The predicted octanol–water partition coefficient (Wildman–Crippen LogP) is 3.93. The lowest BCUT2D eigenvalue weighted by atomic mass is 9.96. The molecule has 33 heavy (non-hydrogen) atoms. The number of halogens is 3. The number of carbonyl (C=O) groups excluding carboxylic acids is 1. The fraction of sp³-hybridized carbons (Fsp3) is 0.696. The number of hydrogen-bond acceptors (Lipinski definition) is 4. The molecule has 0 aliphatic carbocycles. The molecule has 1 aromatic carbocycles. The maximum atomic E-state index is 13.4. The molecule has 1 aliphatic heterocycles. The second kappa shape index (κ2) is 11.7. The lowest BCUT2D eigenvalue weighted by Crippen LogP contribution is -2.47. The number of alkyl halides is 3. The van der Waals surface area contributed by atoms with Gasteiger partial charge in [-0.2, -0.15) is 17.5 Å². The zero-order valence-corrected chi connectivity index (χ0v) is 20.8. The van der Waals surface area contributed by atoms with E-state index in [0.717, 1.165) is 36.1 Å². The summed E-state index contributed by atoms with van der Waals surface area (Å²) in [6.07, 6.45) is -4.17. The number of amides is 1. The Morgan fingerprint density at radius 2 is 1.67 bits per heavy atom. The van der Waals surface area contributed by atoms with Gasteiger partial charge < -0.3 is 9.80 Å². The molecule has 2 rings (SSSR count). The number of benzene rings is 1. The maximum Gasteiger partial charge on any atom is 0.417 e. The summed E-state index contributed by atoms with van der Waals surface area (Å²) in [5.41, 5.74) is -1.16. The predicted molar refractivity (Wildman–Crippen MR) is 122 cm³/mol. The zero-order valence-electron chi connectivity index (χ0n) is 19.9. The number of hydrogen-bond donors (Lipinski definition) is 0. The van der Waals surface area contributed by atoms with Crippen LogP contribution >= 0.6 is 0 Å². The Labute approximate surface area is 195 Å². The van der Waals surface area contributed by atoms with E-state index in [0.29, 0.717) is 31.8 Å². The highest BCUT2D eigenvalue weighted by Gasteiger charge is 2.40. The highest BCUT2D eigenvalue weighted by atomic mass is 32.2. The summed E-state index contributed by atoms with van der Waals surface area (Å²) in [6.45, 7) is 12.1. The lowest BCUT2D eigenvalue weighted by Gasteiger charge is -2.35. The Hall–Kier alpha value is -1.65. The molecular weight excluding hydrogens is 455 g/mol. The van der Waals surface area contributed by atoms with Crippen molar-refractivity contribution in [1.82, 2.24) is 14.1 Å². The molecule has 1 saturated heterocycles. The first kappa shape index (κ1) is 27.6. The third-order valence-corrected chi connectivity index (χ3v) is 8.05. The number of sulfonamides is 1. The summed E-state index contributed by atoms with van der Waals surface area (Å²) >= 11 is 0. The van der Waals surface area contributed by atoms with Gasteiger partial charge in [-0.05, 0) is 44.0 Å². The van der Waals surface area contributed by atoms with Gasteiger partial charge in [-0.15, -0.1) is 0 Å². The molecule has 0 aromatic heterocycles. The second-order valence-corrected chi connectivity index (χ2v) is 10.8. The quantitative estimate of drug-likeness (QED) is 0.498. The molecule has 0 spiro atoms. The van der Waals surface area contributed by atoms with E-state index in [1.165, 1.54) is 12.1 Å². The van der Waals surface area contributed by atoms with Crippen LogP contribution in [0.2, 0.25) is 0 Å². The van der Waals surface area contributed by atoms with Crippen molar-refractivity contribution in [3.63, 3.8) is 0 Å². The Morgan fingerprint density at radius 1 is 1.09 bits per heavy atom. The smallest absolute Gasteiger partial charge is 0.341 e. The first-order valence-electron chi connectivity index (χ1n) is 11.6. The highest BCUT2D eigenvalue weighted by Crippen LogP contribution is 2.36. The van der Waals surface area contributed by atoms with E-state index >= 15 is 0 Å². The monoisotopic (exact) mass is 491 g/mol. The van der Waals surface area contributed by atoms with Crippen LogP contribution in [0, 0.1) is 11.8 Å². The van der Waals surface area contributed by atoms with Crippen LogP contribution in [0.1, 0.15) is 46.1 Å². The van der Waals surface area contributed by atoms with Gasteiger partial charge in [0.25, 0.3) is 0 Å². The number of piperidine rings is 1. The molecule has 6 nitrogen and oxygen atoms in total. The molecule has 0 saturated carbocycles. The van der Waals surface area contributed by atoms with Crippen LogP contribution in [0.4, 0.5) is 13.2 Å². The zero-order chi connectivity index (χ0) is 24.8. The summed E-state index contributed by atoms with van der Waals surface area (Å²) in [5, 5.41) is 0. The van der Waals surface area contributed by atoms with Crippen molar-refractivity contribution < 1.29 is 26.4 Å². The molecule has 10 heteroatoms. The Balaban J connectivity index is 2.10. The molecule has 1 fully saturated rings. The van der Waals surface area contributed by atoms with Crippen LogP contribution in [0.5, 0.6) is 0 Å². The van der Waals surface area contributed by atoms with Crippen LogP contribution in [0.3, 0.4) is 0 Å². The first-order chi connectivity index (χ1) is 15.4. The Morgan fingerprint density at radius 3 is 2.18 bits per heavy atom. The molecule has 0 radical (unpaired) electrons. The standard InChI is InChI=1S/C23H36F3N3O3S/c1-5-27(6-2)15-16-28(17-18(3)4)22(30)19-11-13-29(14-12-19)33(31,32)21-10-8-7-9-20(21)23(24,25)26/h7-10,18-19H,5-6,11-17H2,1-4H3. The number of nitrogens with zero attached hydrogens (tertiary/aromatic N) is 3. The van der Waals surface area contributed by atoms with Crippen molar-refractivity contribution in [3.8, 4) is 0 Å². The van der Waals surface area contributed by atoms with Crippen LogP contribution < -0.4 is 0 Å². The summed E-state index contributed by atoms with van der Waals surface area (Å²) in [4.78, 5) is 16.6. The van der Waals surface area contributed by atoms with E-state index in [2.05, 4.69) is 18.7 Å². The van der Waals surface area contributed by atoms with Gasteiger partial charge >= 0.3 is 6.18 Å². The molecule has 0 bridgehead atoms. The highest BCUT2D eigenvalue weighted by molar-refractivity contribution is 7.89. The molecule has 0 unspecified atom stereocenters. The van der Waals surface area contributed by atoms with Gasteiger partial charge in [-0.3, -0.25) is 4.79 Å². The number of likely N-dealkylation sites (N-methyl/N-ethyl adjacent to an activating group) is 1. The van der Waals surface area contributed by atoms with Crippen LogP contribution in [-0.4, -0.2) is 74.2 Å². The third kappa shape index (κ3) is 7.16. The van der Waals surface area contributed by atoms with Gasteiger partial charge in [0.1, 0.15) is 0 Å². The van der Waals surface area contributed by atoms with Gasteiger partial charge in [0.15, 0.2) is 0 Å². The van der Waals surface area contributed by atoms with Crippen molar-refractivity contribution in [2.45, 2.75) is 51.6 Å². The van der Waals surface area contributed by atoms with Crippen molar-refractivity contribution in [3.05, 3.63) is 29.8 Å². The van der Waals surface area contributed by atoms with E-state index in [1.54, 1.807) is 0 Å². The molecule has 0 atom stereocenters. The van der Waals surface area contributed by atoms with Crippen LogP contribution in [-0.2, 0) is 21.0 Å². The summed E-state index contributed by atoms with van der Waals surface area (Å²) in [6, 6.07) is 4.24. The minimum atomic E-state index is -4.76. The average molecular weight is 492 g/mol.